The van der Waals surface area contributed by atoms with Crippen LogP contribution in [0.3, 0.4) is 0 Å². The molecule has 0 atom stereocenters. The van der Waals surface area contributed by atoms with Crippen LogP contribution in [0.1, 0.15) is 29.7 Å². The highest BCUT2D eigenvalue weighted by molar-refractivity contribution is 7.92. The standard InChI is InChI=1S/C18H21N3O3S2/c1-11-16(19-18(25-11)20-17(22)12-4-3-5-12)14-6-7-15-13(10-14)8-9-21(15)26(2,23)24/h6-7,10,12H,3-5,8-9H2,1-2H3,(H,19,20,22). The lowest BCUT2D eigenvalue weighted by molar-refractivity contribution is -0.122. The van der Waals surface area contributed by atoms with Crippen LogP contribution in [0.2, 0.25) is 0 Å². The molecule has 0 saturated heterocycles. The van der Waals surface area contributed by atoms with Gasteiger partial charge in [-0.25, -0.2) is 13.4 Å². The van der Waals surface area contributed by atoms with E-state index in [1.165, 1.54) is 21.9 Å². The predicted molar refractivity (Wildman–Crippen MR) is 104 cm³/mol. The van der Waals surface area contributed by atoms with Crippen LogP contribution >= 0.6 is 11.3 Å². The van der Waals surface area contributed by atoms with Gasteiger partial charge >= 0.3 is 0 Å². The number of benzene rings is 1. The van der Waals surface area contributed by atoms with Gasteiger partial charge in [0.2, 0.25) is 15.9 Å². The monoisotopic (exact) mass is 391 g/mol. The number of sulfonamides is 1. The second-order valence-corrected chi connectivity index (χ2v) is 10.1. The molecule has 2 aromatic rings. The van der Waals surface area contributed by atoms with Crippen molar-refractivity contribution in [3.8, 4) is 11.3 Å². The zero-order chi connectivity index (χ0) is 18.5. The second kappa shape index (κ2) is 6.35. The molecule has 26 heavy (non-hydrogen) atoms. The zero-order valence-corrected chi connectivity index (χ0v) is 16.4. The van der Waals surface area contributed by atoms with Gasteiger partial charge in [0.05, 0.1) is 17.6 Å². The number of carbonyl (C=O) groups excluding carboxylic acids is 1. The Morgan fingerprint density at radius 2 is 2.12 bits per heavy atom. The predicted octanol–water partition coefficient (Wildman–Crippen LogP) is 3.18. The van der Waals surface area contributed by atoms with E-state index in [4.69, 9.17) is 0 Å². The van der Waals surface area contributed by atoms with Gasteiger partial charge in [0.1, 0.15) is 0 Å². The third-order valence-electron chi connectivity index (χ3n) is 5.11. The van der Waals surface area contributed by atoms with E-state index >= 15 is 0 Å². The first-order chi connectivity index (χ1) is 12.3. The minimum Gasteiger partial charge on any atom is -0.302 e. The Morgan fingerprint density at radius 1 is 1.35 bits per heavy atom. The van der Waals surface area contributed by atoms with Crippen LogP contribution in [0.25, 0.3) is 11.3 Å². The molecular formula is C18H21N3O3S2. The van der Waals surface area contributed by atoms with Gasteiger partial charge in [-0.1, -0.05) is 12.5 Å². The van der Waals surface area contributed by atoms with Crippen molar-refractivity contribution in [3.63, 3.8) is 0 Å². The van der Waals surface area contributed by atoms with Crippen LogP contribution in [0, 0.1) is 12.8 Å². The van der Waals surface area contributed by atoms with Crippen LogP contribution in [-0.2, 0) is 21.2 Å². The van der Waals surface area contributed by atoms with Gasteiger partial charge in [-0.2, -0.15) is 0 Å². The van der Waals surface area contributed by atoms with Gasteiger partial charge in [-0.3, -0.25) is 9.10 Å². The van der Waals surface area contributed by atoms with Gasteiger partial charge in [0, 0.05) is 22.9 Å². The van der Waals surface area contributed by atoms with E-state index < -0.39 is 10.0 Å². The maximum Gasteiger partial charge on any atom is 0.232 e. The van der Waals surface area contributed by atoms with Crippen molar-refractivity contribution in [3.05, 3.63) is 28.6 Å². The smallest absolute Gasteiger partial charge is 0.232 e. The minimum absolute atomic E-state index is 0.0642. The molecule has 138 valence electrons. The van der Waals surface area contributed by atoms with Crippen LogP contribution in [0.15, 0.2) is 18.2 Å². The third-order valence-corrected chi connectivity index (χ3v) is 7.18. The number of nitrogens with zero attached hydrogens (tertiary/aromatic N) is 2. The summed E-state index contributed by atoms with van der Waals surface area (Å²) < 4.78 is 25.2. The summed E-state index contributed by atoms with van der Waals surface area (Å²) in [6.45, 7) is 2.47. The number of carbonyl (C=O) groups is 1. The van der Waals surface area contributed by atoms with E-state index in [0.717, 1.165) is 46.6 Å². The number of anilines is 2. The SMILES string of the molecule is Cc1sc(NC(=O)C2CCC2)nc1-c1ccc2c(c1)CCN2S(C)(=O)=O. The molecule has 4 rings (SSSR count). The van der Waals surface area contributed by atoms with Crippen molar-refractivity contribution in [2.75, 3.05) is 22.4 Å². The van der Waals surface area contributed by atoms with Crippen molar-refractivity contribution in [2.24, 2.45) is 5.92 Å². The number of aromatic nitrogens is 1. The molecule has 1 aromatic carbocycles. The summed E-state index contributed by atoms with van der Waals surface area (Å²) in [6, 6.07) is 5.77. The Morgan fingerprint density at radius 3 is 2.77 bits per heavy atom. The summed E-state index contributed by atoms with van der Waals surface area (Å²) in [6.07, 6.45) is 4.98. The quantitative estimate of drug-likeness (QED) is 0.868. The lowest BCUT2D eigenvalue weighted by atomic mass is 9.85. The highest BCUT2D eigenvalue weighted by atomic mass is 32.2. The topological polar surface area (TPSA) is 79.4 Å². The largest absolute Gasteiger partial charge is 0.302 e. The normalized spacial score (nSPS) is 17.1. The number of rotatable bonds is 4. The first-order valence-corrected chi connectivity index (χ1v) is 11.4. The Hall–Kier alpha value is -1.93. The summed E-state index contributed by atoms with van der Waals surface area (Å²) in [5, 5.41) is 3.57. The van der Waals surface area contributed by atoms with Gasteiger partial charge in [0.15, 0.2) is 5.13 Å². The van der Waals surface area contributed by atoms with E-state index in [-0.39, 0.29) is 11.8 Å². The highest BCUT2D eigenvalue weighted by Gasteiger charge is 2.28. The maximum atomic E-state index is 12.1. The Labute approximate surface area is 157 Å². The average Bonchev–Trinajstić information content (AvgIpc) is 3.07. The molecule has 1 aliphatic heterocycles. The number of hydrogen-bond acceptors (Lipinski definition) is 5. The number of nitrogens with one attached hydrogen (secondary N) is 1. The number of fused-ring (bicyclic) bond motifs is 1. The molecule has 0 radical (unpaired) electrons. The maximum absolute atomic E-state index is 12.1. The fourth-order valence-electron chi connectivity index (χ4n) is 3.46. The molecule has 1 amide bonds. The molecule has 1 N–H and O–H groups in total. The van der Waals surface area contributed by atoms with E-state index in [0.29, 0.717) is 18.1 Å². The molecule has 1 saturated carbocycles. The number of aryl methyl sites for hydroxylation is 1. The van der Waals surface area contributed by atoms with Crippen molar-refractivity contribution in [1.29, 1.82) is 0 Å². The van der Waals surface area contributed by atoms with Gasteiger partial charge in [-0.05, 0) is 43.9 Å². The first-order valence-electron chi connectivity index (χ1n) is 8.72. The van der Waals surface area contributed by atoms with Crippen LogP contribution < -0.4 is 9.62 Å². The minimum atomic E-state index is -3.24. The molecule has 2 aliphatic rings. The van der Waals surface area contributed by atoms with Crippen molar-refractivity contribution in [2.45, 2.75) is 32.6 Å². The first kappa shape index (κ1) is 17.5. The van der Waals surface area contributed by atoms with Crippen molar-refractivity contribution >= 4 is 38.1 Å². The van der Waals surface area contributed by atoms with Crippen molar-refractivity contribution < 1.29 is 13.2 Å². The van der Waals surface area contributed by atoms with E-state index in [1.807, 2.05) is 25.1 Å². The molecule has 1 aromatic heterocycles. The number of amides is 1. The van der Waals surface area contributed by atoms with Gasteiger partial charge < -0.3 is 5.32 Å². The van der Waals surface area contributed by atoms with Crippen LogP contribution in [0.5, 0.6) is 0 Å². The Bertz CT molecular complexity index is 978. The van der Waals surface area contributed by atoms with E-state index in [1.54, 1.807) is 0 Å². The second-order valence-electron chi connectivity index (χ2n) is 6.97. The molecule has 8 heteroatoms. The summed E-state index contributed by atoms with van der Waals surface area (Å²) in [5.41, 5.74) is 3.57. The summed E-state index contributed by atoms with van der Waals surface area (Å²) >= 11 is 1.48. The average molecular weight is 392 g/mol. The fourth-order valence-corrected chi connectivity index (χ4v) is 5.26. The number of hydrogen-bond donors (Lipinski definition) is 1. The van der Waals surface area contributed by atoms with Gasteiger partial charge in [-0.15, -0.1) is 11.3 Å². The third kappa shape index (κ3) is 3.12. The molecule has 0 unspecified atom stereocenters. The molecule has 0 bridgehead atoms. The van der Waals surface area contributed by atoms with Gasteiger partial charge in [0.25, 0.3) is 0 Å². The summed E-state index contributed by atoms with van der Waals surface area (Å²) in [4.78, 5) is 17.8. The van der Waals surface area contributed by atoms with Crippen LogP contribution in [0.4, 0.5) is 10.8 Å². The molecule has 1 fully saturated rings. The lowest BCUT2D eigenvalue weighted by Gasteiger charge is -2.23. The zero-order valence-electron chi connectivity index (χ0n) is 14.8. The molecule has 0 spiro atoms. The molecular weight excluding hydrogens is 370 g/mol. The van der Waals surface area contributed by atoms with Crippen LogP contribution in [-0.4, -0.2) is 32.1 Å². The Balaban J connectivity index is 1.59. The molecule has 6 nitrogen and oxygen atoms in total. The van der Waals surface area contributed by atoms with E-state index in [9.17, 15) is 13.2 Å². The summed E-state index contributed by atoms with van der Waals surface area (Å²) in [7, 11) is -3.24. The Kier molecular flexibility index (Phi) is 4.27. The number of thiazole rings is 1. The van der Waals surface area contributed by atoms with E-state index in [2.05, 4.69) is 10.3 Å². The molecule has 1 aliphatic carbocycles. The van der Waals surface area contributed by atoms with Crippen molar-refractivity contribution in [1.82, 2.24) is 4.98 Å². The highest BCUT2D eigenvalue weighted by Crippen LogP contribution is 2.37. The summed E-state index contributed by atoms with van der Waals surface area (Å²) in [5.74, 6) is 0.193. The molecule has 2 heterocycles. The lowest BCUT2D eigenvalue weighted by Crippen LogP contribution is -2.27. The fraction of sp³-hybridized carbons (Fsp3) is 0.444.